The number of nitrogens with one attached hydrogen (secondary N) is 2. The molecule has 2 N–H and O–H groups in total. The minimum absolute atomic E-state index is 0.0714. The zero-order valence-electron chi connectivity index (χ0n) is 12.2. The summed E-state index contributed by atoms with van der Waals surface area (Å²) < 4.78 is 1.33. The van der Waals surface area contributed by atoms with E-state index in [1.807, 2.05) is 19.0 Å². The Balaban J connectivity index is 2.12. The van der Waals surface area contributed by atoms with Gasteiger partial charge in [0.25, 0.3) is 5.56 Å². The first-order chi connectivity index (χ1) is 9.99. The minimum Gasteiger partial charge on any atom is -0.371 e. The van der Waals surface area contributed by atoms with Gasteiger partial charge in [0.1, 0.15) is 11.1 Å². The van der Waals surface area contributed by atoms with Crippen molar-refractivity contribution in [1.82, 2.24) is 20.0 Å². The van der Waals surface area contributed by atoms with Gasteiger partial charge in [0.15, 0.2) is 0 Å². The number of aromatic nitrogens is 2. The van der Waals surface area contributed by atoms with Crippen LogP contribution in [0.25, 0.3) is 0 Å². The molecular weight excluding hydrogens is 294 g/mol. The van der Waals surface area contributed by atoms with Crippen molar-refractivity contribution in [1.29, 1.82) is 0 Å². The molecule has 1 fully saturated rings. The van der Waals surface area contributed by atoms with Gasteiger partial charge in [-0.2, -0.15) is 5.10 Å². The number of nitrogens with zero attached hydrogens (tertiary/aromatic N) is 3. The van der Waals surface area contributed by atoms with Gasteiger partial charge in [0.2, 0.25) is 5.91 Å². The van der Waals surface area contributed by atoms with E-state index in [1.54, 1.807) is 0 Å². The summed E-state index contributed by atoms with van der Waals surface area (Å²) in [4.78, 5) is 25.8. The van der Waals surface area contributed by atoms with E-state index in [0.717, 1.165) is 6.42 Å². The quantitative estimate of drug-likeness (QED) is 0.809. The van der Waals surface area contributed by atoms with Crippen LogP contribution in [-0.4, -0.2) is 53.8 Å². The Hall–Kier alpha value is -1.60. The summed E-state index contributed by atoms with van der Waals surface area (Å²) in [6, 6.07) is -0.366. The smallest absolute Gasteiger partial charge is 0.287 e. The van der Waals surface area contributed by atoms with Crippen molar-refractivity contribution in [3.63, 3.8) is 0 Å². The van der Waals surface area contributed by atoms with Crippen molar-refractivity contribution < 1.29 is 4.79 Å². The first-order valence-corrected chi connectivity index (χ1v) is 7.31. The Kier molecular flexibility index (Phi) is 5.19. The van der Waals surface area contributed by atoms with Crippen molar-refractivity contribution in [2.45, 2.75) is 25.4 Å². The topological polar surface area (TPSA) is 79.3 Å². The fraction of sp³-hybridized carbons (Fsp3) is 0.615. The zero-order chi connectivity index (χ0) is 15.4. The molecule has 1 aromatic heterocycles. The van der Waals surface area contributed by atoms with Gasteiger partial charge in [-0.15, -0.1) is 0 Å². The predicted octanol–water partition coefficient (Wildman–Crippen LogP) is 0.149. The second kappa shape index (κ2) is 6.91. The Morgan fingerprint density at radius 2 is 2.29 bits per heavy atom. The molecule has 2 rings (SSSR count). The highest BCUT2D eigenvalue weighted by molar-refractivity contribution is 6.33. The third-order valence-corrected chi connectivity index (χ3v) is 3.72. The molecule has 0 aliphatic carbocycles. The van der Waals surface area contributed by atoms with Gasteiger partial charge >= 0.3 is 0 Å². The van der Waals surface area contributed by atoms with Crippen molar-refractivity contribution in [2.24, 2.45) is 0 Å². The average Bonchev–Trinajstić information content (AvgIpc) is 2.45. The lowest BCUT2D eigenvalue weighted by Crippen LogP contribution is -2.44. The van der Waals surface area contributed by atoms with Crippen molar-refractivity contribution in [2.75, 3.05) is 32.5 Å². The standard InChI is InChI=1S/C13H20ClN5O2/c1-18(2)6-7-19-13(21)11(14)10(8-16-19)17-9-4-3-5-15-12(9)20/h8-9,17H,3-7H2,1-2H3,(H,15,20). The van der Waals surface area contributed by atoms with Crippen LogP contribution in [0.5, 0.6) is 0 Å². The molecule has 21 heavy (non-hydrogen) atoms. The molecule has 1 aromatic rings. The van der Waals surface area contributed by atoms with Crippen LogP contribution < -0.4 is 16.2 Å². The third kappa shape index (κ3) is 3.95. The monoisotopic (exact) mass is 313 g/mol. The normalized spacial score (nSPS) is 18.7. The summed E-state index contributed by atoms with van der Waals surface area (Å²) in [6.45, 7) is 1.85. The molecule has 1 aliphatic heterocycles. The largest absolute Gasteiger partial charge is 0.371 e. The van der Waals surface area contributed by atoms with E-state index >= 15 is 0 Å². The molecule has 7 nitrogen and oxygen atoms in total. The summed E-state index contributed by atoms with van der Waals surface area (Å²) in [5.41, 5.74) is 0.0598. The summed E-state index contributed by atoms with van der Waals surface area (Å²) in [5.74, 6) is -0.0749. The Labute approximate surface area is 128 Å². The highest BCUT2D eigenvalue weighted by atomic mass is 35.5. The highest BCUT2D eigenvalue weighted by Crippen LogP contribution is 2.18. The molecule has 0 radical (unpaired) electrons. The van der Waals surface area contributed by atoms with Gasteiger partial charge in [0, 0.05) is 13.1 Å². The summed E-state index contributed by atoms with van der Waals surface area (Å²) in [6.07, 6.45) is 3.11. The molecule has 116 valence electrons. The SMILES string of the molecule is CN(C)CCn1ncc(NC2CCCNC2=O)c(Cl)c1=O. The second-order valence-electron chi connectivity index (χ2n) is 5.33. The number of anilines is 1. The van der Waals surface area contributed by atoms with Crippen LogP contribution in [0.3, 0.4) is 0 Å². The molecule has 1 atom stereocenters. The highest BCUT2D eigenvalue weighted by Gasteiger charge is 2.23. The van der Waals surface area contributed by atoms with E-state index in [-0.39, 0.29) is 22.5 Å². The fourth-order valence-electron chi connectivity index (χ4n) is 2.12. The van der Waals surface area contributed by atoms with Crippen molar-refractivity contribution >= 4 is 23.2 Å². The van der Waals surface area contributed by atoms with Gasteiger partial charge in [-0.05, 0) is 26.9 Å². The molecule has 0 saturated carbocycles. The van der Waals surface area contributed by atoms with E-state index in [1.165, 1.54) is 10.9 Å². The lowest BCUT2D eigenvalue weighted by molar-refractivity contribution is -0.123. The number of likely N-dealkylation sites (N-methyl/N-ethyl adjacent to an activating group) is 1. The number of amides is 1. The van der Waals surface area contributed by atoms with E-state index < -0.39 is 0 Å². The molecule has 1 unspecified atom stereocenters. The van der Waals surface area contributed by atoms with Crippen LogP contribution in [0.4, 0.5) is 5.69 Å². The third-order valence-electron chi connectivity index (χ3n) is 3.36. The van der Waals surface area contributed by atoms with Gasteiger partial charge < -0.3 is 15.5 Å². The van der Waals surface area contributed by atoms with Crippen LogP contribution >= 0.6 is 11.6 Å². The average molecular weight is 314 g/mol. The van der Waals surface area contributed by atoms with Crippen LogP contribution in [0.1, 0.15) is 12.8 Å². The van der Waals surface area contributed by atoms with Crippen LogP contribution in [0, 0.1) is 0 Å². The van der Waals surface area contributed by atoms with E-state index in [2.05, 4.69) is 15.7 Å². The summed E-state index contributed by atoms with van der Waals surface area (Å²) in [7, 11) is 3.84. The molecule has 2 heterocycles. The van der Waals surface area contributed by atoms with Gasteiger partial charge in [-0.3, -0.25) is 9.59 Å². The van der Waals surface area contributed by atoms with Gasteiger partial charge in [0.05, 0.1) is 18.4 Å². The maximum atomic E-state index is 12.1. The van der Waals surface area contributed by atoms with E-state index in [0.29, 0.717) is 31.7 Å². The Morgan fingerprint density at radius 1 is 1.52 bits per heavy atom. The molecule has 0 spiro atoms. The molecule has 0 bridgehead atoms. The second-order valence-corrected chi connectivity index (χ2v) is 5.71. The summed E-state index contributed by atoms with van der Waals surface area (Å²) >= 11 is 6.10. The predicted molar refractivity (Wildman–Crippen MR) is 81.7 cm³/mol. The van der Waals surface area contributed by atoms with Gasteiger partial charge in [-0.1, -0.05) is 11.6 Å². The number of halogens is 1. The molecular formula is C13H20ClN5O2. The van der Waals surface area contributed by atoms with Crippen LogP contribution in [0.15, 0.2) is 11.0 Å². The number of carbonyl (C=O) groups is 1. The van der Waals surface area contributed by atoms with E-state index in [4.69, 9.17) is 11.6 Å². The Morgan fingerprint density at radius 3 is 2.95 bits per heavy atom. The number of hydrogen-bond acceptors (Lipinski definition) is 5. The molecule has 1 saturated heterocycles. The van der Waals surface area contributed by atoms with Crippen molar-refractivity contribution in [3.05, 3.63) is 21.6 Å². The number of piperidine rings is 1. The lowest BCUT2D eigenvalue weighted by atomic mass is 10.1. The van der Waals surface area contributed by atoms with Crippen LogP contribution in [-0.2, 0) is 11.3 Å². The summed E-state index contributed by atoms with van der Waals surface area (Å²) in [5, 5.41) is 9.95. The zero-order valence-corrected chi connectivity index (χ0v) is 13.0. The van der Waals surface area contributed by atoms with Crippen LogP contribution in [0.2, 0.25) is 5.02 Å². The maximum absolute atomic E-state index is 12.1. The first kappa shape index (κ1) is 15.8. The molecule has 1 amide bonds. The molecule has 1 aliphatic rings. The molecule has 0 aromatic carbocycles. The maximum Gasteiger partial charge on any atom is 0.287 e. The Bertz CT molecular complexity index is 572. The fourth-order valence-corrected chi connectivity index (χ4v) is 2.32. The van der Waals surface area contributed by atoms with E-state index in [9.17, 15) is 9.59 Å². The number of rotatable bonds is 5. The number of carbonyl (C=O) groups excluding carboxylic acids is 1. The number of hydrogen-bond donors (Lipinski definition) is 2. The molecule has 8 heteroatoms. The first-order valence-electron chi connectivity index (χ1n) is 6.93. The van der Waals surface area contributed by atoms with Gasteiger partial charge in [-0.25, -0.2) is 4.68 Å². The van der Waals surface area contributed by atoms with Crippen molar-refractivity contribution in [3.8, 4) is 0 Å². The lowest BCUT2D eigenvalue weighted by Gasteiger charge is -2.24. The minimum atomic E-state index is -0.366.